The van der Waals surface area contributed by atoms with E-state index in [4.69, 9.17) is 15.6 Å². The molecule has 0 heterocycles. The van der Waals surface area contributed by atoms with Crippen molar-refractivity contribution in [2.75, 3.05) is 12.3 Å². The number of anilines is 1. The van der Waals surface area contributed by atoms with E-state index in [-0.39, 0.29) is 5.56 Å². The van der Waals surface area contributed by atoms with Crippen molar-refractivity contribution in [2.45, 2.75) is 6.92 Å². The molecule has 0 fully saturated rings. The smallest absolute Gasteiger partial charge is 0.335 e. The number of carboxylic acid groups (broad SMARTS) is 1. The average Bonchev–Trinajstić information content (AvgIpc) is 2.08. The number of carboxylic acids is 1. The second kappa shape index (κ2) is 3.80. The predicted octanol–water partition coefficient (Wildman–Crippen LogP) is 1.37. The van der Waals surface area contributed by atoms with E-state index in [2.05, 4.69) is 0 Å². The number of rotatable bonds is 3. The number of aromatic carboxylic acids is 1. The van der Waals surface area contributed by atoms with Gasteiger partial charge in [0.25, 0.3) is 0 Å². The van der Waals surface area contributed by atoms with Gasteiger partial charge in [-0.1, -0.05) is 0 Å². The number of benzene rings is 1. The summed E-state index contributed by atoms with van der Waals surface area (Å²) in [5, 5.41) is 8.63. The third-order valence-corrected chi connectivity index (χ3v) is 1.56. The van der Waals surface area contributed by atoms with Gasteiger partial charge in [0.05, 0.1) is 17.9 Å². The van der Waals surface area contributed by atoms with Crippen molar-refractivity contribution < 1.29 is 14.6 Å². The maximum atomic E-state index is 10.5. The summed E-state index contributed by atoms with van der Waals surface area (Å²) in [5.74, 6) is -0.470. The standard InChI is InChI=1S/C9H11NO3/c1-2-13-8-4-3-6(9(11)12)5-7(8)10/h3-5H,2,10H2,1H3,(H,11,12). The zero-order chi connectivity index (χ0) is 9.84. The lowest BCUT2D eigenvalue weighted by Gasteiger charge is -2.06. The molecule has 70 valence electrons. The average molecular weight is 181 g/mol. The summed E-state index contributed by atoms with van der Waals surface area (Å²) in [5.41, 5.74) is 6.07. The molecular weight excluding hydrogens is 170 g/mol. The van der Waals surface area contributed by atoms with Gasteiger partial charge in [-0.2, -0.15) is 0 Å². The molecule has 13 heavy (non-hydrogen) atoms. The molecule has 0 bridgehead atoms. The molecule has 1 aromatic carbocycles. The first-order chi connectivity index (χ1) is 6.15. The first-order valence-electron chi connectivity index (χ1n) is 3.90. The highest BCUT2D eigenvalue weighted by atomic mass is 16.5. The largest absolute Gasteiger partial charge is 0.492 e. The van der Waals surface area contributed by atoms with Gasteiger partial charge in [-0.3, -0.25) is 0 Å². The topological polar surface area (TPSA) is 72.5 Å². The molecule has 0 spiro atoms. The van der Waals surface area contributed by atoms with Crippen molar-refractivity contribution in [3.05, 3.63) is 23.8 Å². The molecule has 0 saturated carbocycles. The number of nitrogen functional groups attached to an aromatic ring is 1. The zero-order valence-corrected chi connectivity index (χ0v) is 7.28. The minimum Gasteiger partial charge on any atom is -0.492 e. The number of carbonyl (C=O) groups is 1. The van der Waals surface area contributed by atoms with Crippen LogP contribution < -0.4 is 10.5 Å². The Morgan fingerprint density at radius 2 is 2.31 bits per heavy atom. The van der Waals surface area contributed by atoms with Gasteiger partial charge in [0, 0.05) is 0 Å². The van der Waals surface area contributed by atoms with Gasteiger partial charge in [-0.05, 0) is 25.1 Å². The van der Waals surface area contributed by atoms with Crippen molar-refractivity contribution in [3.63, 3.8) is 0 Å². The summed E-state index contributed by atoms with van der Waals surface area (Å²) in [7, 11) is 0. The lowest BCUT2D eigenvalue weighted by atomic mass is 10.2. The number of hydrogen-bond acceptors (Lipinski definition) is 3. The molecule has 3 N–H and O–H groups in total. The Kier molecular flexibility index (Phi) is 2.74. The van der Waals surface area contributed by atoms with E-state index in [1.165, 1.54) is 12.1 Å². The second-order valence-corrected chi connectivity index (χ2v) is 2.49. The number of hydrogen-bond donors (Lipinski definition) is 2. The van der Waals surface area contributed by atoms with E-state index in [9.17, 15) is 4.79 Å². The van der Waals surface area contributed by atoms with Crippen LogP contribution in [0, 0.1) is 0 Å². The molecular formula is C9H11NO3. The fourth-order valence-corrected chi connectivity index (χ4v) is 0.968. The van der Waals surface area contributed by atoms with Gasteiger partial charge in [-0.25, -0.2) is 4.79 Å². The van der Waals surface area contributed by atoms with Crippen molar-refractivity contribution >= 4 is 11.7 Å². The Morgan fingerprint density at radius 3 is 2.77 bits per heavy atom. The summed E-state index contributed by atoms with van der Waals surface area (Å²) in [6.07, 6.45) is 0. The van der Waals surface area contributed by atoms with Gasteiger partial charge >= 0.3 is 5.97 Å². The summed E-state index contributed by atoms with van der Waals surface area (Å²) in [6.45, 7) is 2.35. The van der Waals surface area contributed by atoms with E-state index >= 15 is 0 Å². The highest BCUT2D eigenvalue weighted by Crippen LogP contribution is 2.22. The van der Waals surface area contributed by atoms with Crippen LogP contribution in [0.25, 0.3) is 0 Å². The first-order valence-corrected chi connectivity index (χ1v) is 3.90. The van der Waals surface area contributed by atoms with Crippen LogP contribution in [0.2, 0.25) is 0 Å². The van der Waals surface area contributed by atoms with E-state index in [1.54, 1.807) is 6.07 Å². The normalized spacial score (nSPS) is 9.62. The van der Waals surface area contributed by atoms with Crippen LogP contribution in [0.15, 0.2) is 18.2 Å². The highest BCUT2D eigenvalue weighted by Gasteiger charge is 2.05. The van der Waals surface area contributed by atoms with Crippen LogP contribution in [0.5, 0.6) is 5.75 Å². The van der Waals surface area contributed by atoms with Crippen molar-refractivity contribution in [2.24, 2.45) is 0 Å². The molecule has 0 unspecified atom stereocenters. The fourth-order valence-electron chi connectivity index (χ4n) is 0.968. The summed E-state index contributed by atoms with van der Waals surface area (Å²) >= 11 is 0. The van der Waals surface area contributed by atoms with Crippen molar-refractivity contribution in [1.29, 1.82) is 0 Å². The summed E-state index contributed by atoms with van der Waals surface area (Å²) in [6, 6.07) is 4.40. The first kappa shape index (κ1) is 9.38. The van der Waals surface area contributed by atoms with E-state index in [0.29, 0.717) is 18.0 Å². The van der Waals surface area contributed by atoms with Gasteiger partial charge in [-0.15, -0.1) is 0 Å². The van der Waals surface area contributed by atoms with Gasteiger partial charge in [0.15, 0.2) is 0 Å². The molecule has 4 heteroatoms. The Balaban J connectivity index is 2.98. The quantitative estimate of drug-likeness (QED) is 0.690. The molecule has 0 aliphatic heterocycles. The van der Waals surface area contributed by atoms with Gasteiger partial charge in [0.1, 0.15) is 5.75 Å². The maximum Gasteiger partial charge on any atom is 0.335 e. The third-order valence-electron chi connectivity index (χ3n) is 1.56. The van der Waals surface area contributed by atoms with E-state index in [1.807, 2.05) is 6.92 Å². The van der Waals surface area contributed by atoms with Gasteiger partial charge in [0.2, 0.25) is 0 Å². The molecule has 0 radical (unpaired) electrons. The van der Waals surface area contributed by atoms with Crippen LogP contribution >= 0.6 is 0 Å². The van der Waals surface area contributed by atoms with E-state index in [0.717, 1.165) is 0 Å². The van der Waals surface area contributed by atoms with Gasteiger partial charge < -0.3 is 15.6 Å². The number of ether oxygens (including phenoxy) is 1. The molecule has 0 saturated heterocycles. The van der Waals surface area contributed by atoms with Crippen LogP contribution in [0.3, 0.4) is 0 Å². The molecule has 1 rings (SSSR count). The summed E-state index contributed by atoms with van der Waals surface area (Å²) in [4.78, 5) is 10.5. The van der Waals surface area contributed by atoms with Crippen LogP contribution in [0.4, 0.5) is 5.69 Å². The Labute approximate surface area is 75.9 Å². The maximum absolute atomic E-state index is 10.5. The zero-order valence-electron chi connectivity index (χ0n) is 7.28. The predicted molar refractivity (Wildman–Crippen MR) is 49.0 cm³/mol. The molecule has 0 aliphatic rings. The van der Waals surface area contributed by atoms with Crippen LogP contribution in [-0.2, 0) is 0 Å². The number of nitrogens with two attached hydrogens (primary N) is 1. The summed E-state index contributed by atoms with van der Waals surface area (Å²) < 4.78 is 5.15. The molecule has 0 aliphatic carbocycles. The SMILES string of the molecule is CCOc1ccc(C(=O)O)cc1N. The minimum atomic E-state index is -0.991. The fraction of sp³-hybridized carbons (Fsp3) is 0.222. The Hall–Kier alpha value is -1.71. The Bertz CT molecular complexity index is 323. The minimum absolute atomic E-state index is 0.168. The lowest BCUT2D eigenvalue weighted by Crippen LogP contribution is -2.01. The van der Waals surface area contributed by atoms with Crippen LogP contribution in [0.1, 0.15) is 17.3 Å². The monoisotopic (exact) mass is 181 g/mol. The van der Waals surface area contributed by atoms with Crippen molar-refractivity contribution in [3.8, 4) is 5.75 Å². The second-order valence-electron chi connectivity index (χ2n) is 2.49. The molecule has 1 aromatic rings. The van der Waals surface area contributed by atoms with Crippen LogP contribution in [-0.4, -0.2) is 17.7 Å². The molecule has 0 atom stereocenters. The third kappa shape index (κ3) is 2.11. The lowest BCUT2D eigenvalue weighted by molar-refractivity contribution is 0.0697. The Morgan fingerprint density at radius 1 is 1.62 bits per heavy atom. The van der Waals surface area contributed by atoms with E-state index < -0.39 is 5.97 Å². The molecule has 0 aromatic heterocycles. The molecule has 4 nitrogen and oxygen atoms in total. The molecule has 0 amide bonds. The highest BCUT2D eigenvalue weighted by molar-refractivity contribution is 5.89. The van der Waals surface area contributed by atoms with Crippen molar-refractivity contribution in [1.82, 2.24) is 0 Å².